The lowest BCUT2D eigenvalue weighted by atomic mass is 9.81. The maximum Gasteiger partial charge on any atom is 0.329 e. The minimum Gasteiger partial charge on any atom is -0.454 e. The molecule has 2 aliphatic carbocycles. The van der Waals surface area contributed by atoms with E-state index in [-0.39, 0.29) is 35.5 Å². The third-order valence-electron chi connectivity index (χ3n) is 6.58. The van der Waals surface area contributed by atoms with Gasteiger partial charge in [0.1, 0.15) is 6.04 Å². The second-order valence-electron chi connectivity index (χ2n) is 8.34. The molecule has 0 aromatic heterocycles. The van der Waals surface area contributed by atoms with Crippen molar-refractivity contribution in [2.24, 2.45) is 23.7 Å². The molecule has 3 aliphatic rings. The number of nitrogens with zero attached hydrogens (tertiary/aromatic N) is 1. The lowest BCUT2D eigenvalue weighted by molar-refractivity contribution is -0.159. The molecule has 2 bridgehead atoms. The minimum atomic E-state index is -1.05. The average Bonchev–Trinajstić information content (AvgIpc) is 3.37. The van der Waals surface area contributed by atoms with Crippen LogP contribution in [0, 0.1) is 30.6 Å². The average molecular weight is 498 g/mol. The Balaban J connectivity index is 1.35. The highest BCUT2D eigenvalue weighted by Gasteiger charge is 2.62. The lowest BCUT2D eigenvalue weighted by Gasteiger charge is -2.23. The van der Waals surface area contributed by atoms with Crippen LogP contribution in [-0.4, -0.2) is 41.2 Å². The number of hydrogen-bond acceptors (Lipinski definition) is 5. The number of halogens is 2. The molecular formula is C21H22BrClN2O5. The first-order valence-electron chi connectivity index (χ1n) is 9.98. The topological polar surface area (TPSA) is 92.8 Å². The van der Waals surface area contributed by atoms with Crippen molar-refractivity contribution in [3.63, 3.8) is 0 Å². The molecule has 3 amide bonds. The van der Waals surface area contributed by atoms with Crippen LogP contribution in [0.1, 0.15) is 31.7 Å². The molecule has 9 heteroatoms. The van der Waals surface area contributed by atoms with E-state index in [4.69, 9.17) is 16.3 Å². The van der Waals surface area contributed by atoms with Crippen LogP contribution in [0.3, 0.4) is 0 Å². The summed E-state index contributed by atoms with van der Waals surface area (Å²) >= 11 is 9.36. The number of anilines is 1. The van der Waals surface area contributed by atoms with Crippen LogP contribution >= 0.6 is 27.5 Å². The number of amides is 3. The van der Waals surface area contributed by atoms with Gasteiger partial charge in [0, 0.05) is 10.2 Å². The van der Waals surface area contributed by atoms with E-state index in [1.54, 1.807) is 19.1 Å². The molecule has 1 aromatic carbocycles. The fourth-order valence-electron chi connectivity index (χ4n) is 5.14. The predicted molar refractivity (Wildman–Crippen MR) is 113 cm³/mol. The van der Waals surface area contributed by atoms with Crippen molar-refractivity contribution in [3.05, 3.63) is 27.2 Å². The number of ether oxygens (including phenoxy) is 1. The van der Waals surface area contributed by atoms with Crippen LogP contribution in [-0.2, 0) is 23.9 Å². The summed E-state index contributed by atoms with van der Waals surface area (Å²) in [4.78, 5) is 51.3. The van der Waals surface area contributed by atoms with Gasteiger partial charge in [-0.1, -0.05) is 11.6 Å². The number of carbonyl (C=O) groups is 4. The Kier molecular flexibility index (Phi) is 5.66. The van der Waals surface area contributed by atoms with Gasteiger partial charge in [-0.3, -0.25) is 19.3 Å². The molecule has 4 rings (SSSR count). The molecule has 3 fully saturated rings. The molecule has 1 heterocycles. The molecule has 7 nitrogen and oxygen atoms in total. The van der Waals surface area contributed by atoms with E-state index in [0.717, 1.165) is 29.7 Å². The molecule has 2 saturated carbocycles. The summed E-state index contributed by atoms with van der Waals surface area (Å²) in [6, 6.07) is 2.31. The third-order valence-corrected chi connectivity index (χ3v) is 7.77. The van der Waals surface area contributed by atoms with Crippen molar-refractivity contribution in [1.29, 1.82) is 0 Å². The number of rotatable bonds is 5. The van der Waals surface area contributed by atoms with E-state index in [1.807, 2.05) is 0 Å². The van der Waals surface area contributed by atoms with Crippen LogP contribution in [0.4, 0.5) is 5.69 Å². The van der Waals surface area contributed by atoms with Gasteiger partial charge in [-0.25, -0.2) is 4.79 Å². The summed E-state index contributed by atoms with van der Waals surface area (Å²) in [5, 5.41) is 3.08. The molecule has 5 atom stereocenters. The number of benzene rings is 1. The molecular weight excluding hydrogens is 476 g/mol. The van der Waals surface area contributed by atoms with Crippen molar-refractivity contribution in [3.8, 4) is 0 Å². The maximum absolute atomic E-state index is 12.8. The summed E-state index contributed by atoms with van der Waals surface area (Å²) in [6.07, 6.45) is 2.87. The zero-order chi connectivity index (χ0) is 21.7. The van der Waals surface area contributed by atoms with Gasteiger partial charge in [-0.15, -0.1) is 0 Å². The van der Waals surface area contributed by atoms with Crippen molar-refractivity contribution >= 4 is 56.9 Å². The Morgan fingerprint density at radius 3 is 2.43 bits per heavy atom. The summed E-state index contributed by atoms with van der Waals surface area (Å²) in [6.45, 7) is 2.75. The highest BCUT2D eigenvalue weighted by atomic mass is 79.9. The van der Waals surface area contributed by atoms with Gasteiger partial charge in [-0.2, -0.15) is 0 Å². The Bertz CT molecular complexity index is 924. The summed E-state index contributed by atoms with van der Waals surface area (Å²) in [5.74, 6) is -1.94. The Morgan fingerprint density at radius 2 is 1.83 bits per heavy atom. The zero-order valence-electron chi connectivity index (χ0n) is 16.6. The smallest absolute Gasteiger partial charge is 0.329 e. The van der Waals surface area contributed by atoms with Gasteiger partial charge in [0.05, 0.1) is 16.9 Å². The summed E-state index contributed by atoms with van der Waals surface area (Å²) in [7, 11) is 0. The Hall–Kier alpha value is -1.93. The van der Waals surface area contributed by atoms with E-state index in [0.29, 0.717) is 15.2 Å². The molecule has 1 N–H and O–H groups in total. The van der Waals surface area contributed by atoms with Gasteiger partial charge >= 0.3 is 5.97 Å². The van der Waals surface area contributed by atoms with Crippen LogP contribution < -0.4 is 5.32 Å². The van der Waals surface area contributed by atoms with Gasteiger partial charge < -0.3 is 10.1 Å². The molecule has 0 spiro atoms. The minimum absolute atomic E-state index is 0.247. The number of fused-ring (bicyclic) bond motifs is 5. The van der Waals surface area contributed by atoms with Crippen LogP contribution in [0.25, 0.3) is 0 Å². The molecule has 0 unspecified atom stereocenters. The first-order valence-corrected chi connectivity index (χ1v) is 11.1. The number of hydrogen-bond donors (Lipinski definition) is 1. The van der Waals surface area contributed by atoms with Crippen LogP contribution in [0.5, 0.6) is 0 Å². The summed E-state index contributed by atoms with van der Waals surface area (Å²) < 4.78 is 5.80. The van der Waals surface area contributed by atoms with Crippen LogP contribution in [0.2, 0.25) is 5.02 Å². The molecule has 0 radical (unpaired) electrons. The van der Waals surface area contributed by atoms with Gasteiger partial charge in [0.15, 0.2) is 6.61 Å². The third kappa shape index (κ3) is 3.54. The van der Waals surface area contributed by atoms with Gasteiger partial charge in [-0.05, 0) is 78.6 Å². The predicted octanol–water partition coefficient (Wildman–Crippen LogP) is 3.31. The highest BCUT2D eigenvalue weighted by molar-refractivity contribution is 9.10. The van der Waals surface area contributed by atoms with Crippen molar-refractivity contribution in [2.75, 3.05) is 11.9 Å². The van der Waals surface area contributed by atoms with E-state index < -0.39 is 24.5 Å². The fraction of sp³-hybridized carbons (Fsp3) is 0.524. The van der Waals surface area contributed by atoms with Crippen molar-refractivity contribution in [1.82, 2.24) is 4.90 Å². The standard InChI is InChI=1S/C21H22BrClN2O5/c1-9-5-13(22)14(23)7-15(9)24-16(26)8-30-21(29)10(2)25-19(27)17-11-3-4-12(6-11)18(17)20(25)28/h5,7,10-12,17-18H,3-4,6,8H2,1-2H3,(H,24,26)/t10-,11+,12+,17-,18+/m1/s1. The monoisotopic (exact) mass is 496 g/mol. The number of carbonyl (C=O) groups excluding carboxylic acids is 4. The van der Waals surface area contributed by atoms with E-state index in [1.165, 1.54) is 6.92 Å². The SMILES string of the molecule is Cc1cc(Br)c(Cl)cc1NC(=O)COC(=O)[C@@H](C)N1C(=O)[C@@H]2[C@H]3CC[C@@H](C3)[C@@H]2C1=O. The van der Waals surface area contributed by atoms with Crippen LogP contribution in [0.15, 0.2) is 16.6 Å². The fourth-order valence-corrected chi connectivity index (χ4v) is 5.76. The normalized spacial score (nSPS) is 27.9. The van der Waals surface area contributed by atoms with E-state index >= 15 is 0 Å². The van der Waals surface area contributed by atoms with Crippen molar-refractivity contribution in [2.45, 2.75) is 39.2 Å². The summed E-state index contributed by atoms with van der Waals surface area (Å²) in [5.41, 5.74) is 1.29. The molecule has 1 aromatic rings. The molecule has 30 heavy (non-hydrogen) atoms. The lowest BCUT2D eigenvalue weighted by Crippen LogP contribution is -2.45. The number of imide groups is 1. The Labute approximate surface area is 187 Å². The largest absolute Gasteiger partial charge is 0.454 e. The molecule has 160 valence electrons. The second kappa shape index (κ2) is 7.96. The molecule has 1 saturated heterocycles. The van der Waals surface area contributed by atoms with E-state index in [2.05, 4.69) is 21.2 Å². The van der Waals surface area contributed by atoms with E-state index in [9.17, 15) is 19.2 Å². The second-order valence-corrected chi connectivity index (χ2v) is 9.61. The quantitative estimate of drug-likeness (QED) is 0.498. The first-order chi connectivity index (χ1) is 14.2. The maximum atomic E-state index is 12.8. The number of likely N-dealkylation sites (tertiary alicyclic amines) is 1. The highest BCUT2D eigenvalue weighted by Crippen LogP contribution is 2.56. The first kappa shape index (κ1) is 21.3. The zero-order valence-corrected chi connectivity index (χ0v) is 19.0. The van der Waals surface area contributed by atoms with Crippen molar-refractivity contribution < 1.29 is 23.9 Å². The number of aryl methyl sites for hydroxylation is 1. The Morgan fingerprint density at radius 1 is 1.23 bits per heavy atom. The van der Waals surface area contributed by atoms with Gasteiger partial charge in [0.2, 0.25) is 11.8 Å². The number of esters is 1. The molecule has 1 aliphatic heterocycles. The van der Waals surface area contributed by atoms with Gasteiger partial charge in [0.25, 0.3) is 5.91 Å². The number of nitrogens with one attached hydrogen (secondary N) is 1.